The van der Waals surface area contributed by atoms with Gasteiger partial charge in [-0.05, 0) is 66.1 Å². The molecular weight excluding hydrogens is 707 g/mol. The van der Waals surface area contributed by atoms with Crippen LogP contribution in [-0.2, 0) is 16.6 Å². The van der Waals surface area contributed by atoms with Crippen LogP contribution in [0.1, 0.15) is 12.5 Å². The molecule has 5 aromatic carbocycles. The van der Waals surface area contributed by atoms with Crippen LogP contribution < -0.4 is 14.9 Å². The summed E-state index contributed by atoms with van der Waals surface area (Å²) >= 11 is 1.63. The Morgan fingerprint density at radius 1 is 0.849 bits per heavy atom. The van der Waals surface area contributed by atoms with Crippen molar-refractivity contribution in [1.29, 1.82) is 0 Å². The highest BCUT2D eigenvalue weighted by atomic mass is 32.2. The lowest BCUT2D eigenvalue weighted by Crippen LogP contribution is -2.46. The predicted octanol–water partition coefficient (Wildman–Crippen LogP) is 7.92. The van der Waals surface area contributed by atoms with Crippen LogP contribution in [0.3, 0.4) is 0 Å². The molecule has 0 spiro atoms. The number of nitrogens with one attached hydrogen (secondary N) is 2. The van der Waals surface area contributed by atoms with E-state index in [2.05, 4.69) is 78.3 Å². The van der Waals surface area contributed by atoms with Gasteiger partial charge in [-0.25, -0.2) is 18.4 Å². The van der Waals surface area contributed by atoms with Gasteiger partial charge in [-0.3, -0.25) is 19.7 Å². The van der Waals surface area contributed by atoms with E-state index in [-0.39, 0.29) is 28.1 Å². The van der Waals surface area contributed by atoms with E-state index in [9.17, 15) is 18.5 Å². The number of nitrogens with zero attached hydrogens (tertiary/aromatic N) is 5. The molecule has 13 heteroatoms. The van der Waals surface area contributed by atoms with Gasteiger partial charge in [-0.2, -0.15) is 0 Å². The zero-order valence-corrected chi connectivity index (χ0v) is 30.8. The van der Waals surface area contributed by atoms with E-state index in [1.807, 2.05) is 61.5 Å². The maximum absolute atomic E-state index is 13.6. The van der Waals surface area contributed by atoms with Gasteiger partial charge < -0.3 is 10.2 Å². The van der Waals surface area contributed by atoms with Crippen LogP contribution in [0.4, 0.5) is 22.9 Å². The quantitative estimate of drug-likeness (QED) is 0.0683. The molecule has 11 nitrogen and oxygen atoms in total. The molecule has 1 atom stereocenters. The third kappa shape index (κ3) is 8.60. The molecule has 0 saturated carbocycles. The van der Waals surface area contributed by atoms with Crippen molar-refractivity contribution >= 4 is 55.6 Å². The Morgan fingerprint density at radius 2 is 1.57 bits per heavy atom. The van der Waals surface area contributed by atoms with Crippen LogP contribution in [-0.4, -0.2) is 66.2 Å². The fourth-order valence-electron chi connectivity index (χ4n) is 6.47. The van der Waals surface area contributed by atoms with Gasteiger partial charge in [0.2, 0.25) is 0 Å². The smallest absolute Gasteiger partial charge is 0.293 e. The minimum absolute atomic E-state index is 0.0971. The highest BCUT2D eigenvalue weighted by molar-refractivity contribution is 7.99. The summed E-state index contributed by atoms with van der Waals surface area (Å²) in [6.07, 6.45) is 1.32. The number of aromatic nitrogens is 2. The average molecular weight is 746 g/mol. The second-order valence-corrected chi connectivity index (χ2v) is 15.7. The van der Waals surface area contributed by atoms with Crippen molar-refractivity contribution in [3.05, 3.63) is 143 Å². The van der Waals surface area contributed by atoms with Crippen molar-refractivity contribution in [2.45, 2.75) is 29.3 Å². The largest absolute Gasteiger partial charge is 0.376 e. The van der Waals surface area contributed by atoms with Crippen LogP contribution in [0.2, 0.25) is 0 Å². The first kappa shape index (κ1) is 35.9. The number of hydrogen-bond donors (Lipinski definition) is 2. The lowest BCUT2D eigenvalue weighted by Gasteiger charge is -2.36. The Balaban J connectivity index is 1.01. The van der Waals surface area contributed by atoms with E-state index in [1.54, 1.807) is 11.8 Å². The van der Waals surface area contributed by atoms with Crippen LogP contribution >= 0.6 is 11.8 Å². The van der Waals surface area contributed by atoms with Gasteiger partial charge >= 0.3 is 0 Å². The lowest BCUT2D eigenvalue weighted by molar-refractivity contribution is -0.384. The molecule has 53 heavy (non-hydrogen) atoms. The maximum Gasteiger partial charge on any atom is 0.293 e. The van der Waals surface area contributed by atoms with Crippen molar-refractivity contribution in [3.63, 3.8) is 0 Å². The Bertz CT molecular complexity index is 2320. The molecular formula is C40H39N7O4S2. The Morgan fingerprint density at radius 3 is 2.32 bits per heavy atom. The summed E-state index contributed by atoms with van der Waals surface area (Å²) in [5.41, 5.74) is 5.26. The minimum Gasteiger partial charge on any atom is -0.376 e. The van der Waals surface area contributed by atoms with Gasteiger partial charge in [0, 0.05) is 66.6 Å². The SMILES string of the molecule is CC(CSc1ccccc1)Nc1ccc(S(=O)(=O)Nc2ncnc3cc(N4CCN(Cc5ccccc5-c5ccccc5)CC4)ccc23)cc1[N+](=O)[O-]. The first-order valence-electron chi connectivity index (χ1n) is 17.3. The van der Waals surface area contributed by atoms with Gasteiger partial charge in [0.1, 0.15) is 12.0 Å². The first-order chi connectivity index (χ1) is 25.7. The Hall–Kier alpha value is -5.50. The van der Waals surface area contributed by atoms with Gasteiger partial charge in [0.05, 0.1) is 15.3 Å². The molecule has 0 aliphatic carbocycles. The van der Waals surface area contributed by atoms with Crippen molar-refractivity contribution in [2.75, 3.05) is 46.9 Å². The summed E-state index contributed by atoms with van der Waals surface area (Å²) in [5, 5.41) is 15.7. The van der Waals surface area contributed by atoms with Crippen LogP contribution in [0.15, 0.2) is 137 Å². The van der Waals surface area contributed by atoms with E-state index in [0.717, 1.165) is 49.4 Å². The summed E-state index contributed by atoms with van der Waals surface area (Å²) < 4.78 is 29.7. The summed E-state index contributed by atoms with van der Waals surface area (Å²) in [4.78, 5) is 25.7. The molecule has 1 aliphatic heterocycles. The summed E-state index contributed by atoms with van der Waals surface area (Å²) in [6, 6.07) is 38.3. The number of rotatable bonds is 13. The highest BCUT2D eigenvalue weighted by Gasteiger charge is 2.24. The molecule has 0 amide bonds. The molecule has 1 fully saturated rings. The molecule has 0 bridgehead atoms. The first-order valence-corrected chi connectivity index (χ1v) is 19.8. The number of piperazine rings is 1. The Kier molecular flexibility index (Phi) is 10.9. The highest BCUT2D eigenvalue weighted by Crippen LogP contribution is 2.32. The third-order valence-corrected chi connectivity index (χ3v) is 11.8. The molecule has 1 unspecified atom stereocenters. The van der Waals surface area contributed by atoms with E-state index in [0.29, 0.717) is 16.7 Å². The molecule has 1 aromatic heterocycles. The molecule has 2 heterocycles. The summed E-state index contributed by atoms with van der Waals surface area (Å²) in [7, 11) is -4.23. The van der Waals surface area contributed by atoms with E-state index < -0.39 is 14.9 Å². The number of nitro benzene ring substituents is 1. The maximum atomic E-state index is 13.6. The van der Waals surface area contributed by atoms with E-state index in [1.165, 1.54) is 35.2 Å². The van der Waals surface area contributed by atoms with Crippen molar-refractivity contribution in [1.82, 2.24) is 14.9 Å². The normalized spacial score (nSPS) is 14.2. The predicted molar refractivity (Wildman–Crippen MR) is 213 cm³/mol. The summed E-state index contributed by atoms with van der Waals surface area (Å²) in [5.74, 6) is 0.756. The average Bonchev–Trinajstić information content (AvgIpc) is 3.18. The Labute approximate surface area is 313 Å². The van der Waals surface area contributed by atoms with Gasteiger partial charge in [-0.1, -0.05) is 72.8 Å². The second kappa shape index (κ2) is 16.0. The van der Waals surface area contributed by atoms with E-state index >= 15 is 0 Å². The molecule has 2 N–H and O–H groups in total. The topological polar surface area (TPSA) is 134 Å². The lowest BCUT2D eigenvalue weighted by atomic mass is 9.99. The minimum atomic E-state index is -4.23. The van der Waals surface area contributed by atoms with Gasteiger partial charge in [0.15, 0.2) is 5.82 Å². The molecule has 1 saturated heterocycles. The molecule has 7 rings (SSSR count). The number of hydrogen-bond acceptors (Lipinski definition) is 10. The third-order valence-electron chi connectivity index (χ3n) is 9.21. The van der Waals surface area contributed by atoms with Gasteiger partial charge in [0.25, 0.3) is 15.7 Å². The standard InChI is InChI=1S/C40H39N7O4S2/c1-29(27-52-33-13-6-3-7-14-33)43-37-19-17-34(25-39(37)47(48)49)53(50,51)44-40-36-18-16-32(24-38(36)41-28-42-40)46-22-20-45(21-23-46)26-31-12-8-9-15-35(31)30-10-4-2-5-11-30/h2-19,24-25,28-29,43H,20-23,26-27H2,1H3,(H,41,42,44). The number of nitro groups is 1. The second-order valence-electron chi connectivity index (χ2n) is 12.9. The monoisotopic (exact) mass is 745 g/mol. The molecule has 270 valence electrons. The number of thioether (sulfide) groups is 1. The zero-order chi connectivity index (χ0) is 36.8. The van der Waals surface area contributed by atoms with Crippen LogP contribution in [0.25, 0.3) is 22.0 Å². The zero-order valence-electron chi connectivity index (χ0n) is 29.1. The van der Waals surface area contributed by atoms with Crippen molar-refractivity contribution in [3.8, 4) is 11.1 Å². The molecule has 0 radical (unpaired) electrons. The number of anilines is 3. The fourth-order valence-corrected chi connectivity index (χ4v) is 8.39. The van der Waals surface area contributed by atoms with E-state index in [4.69, 9.17) is 0 Å². The number of benzene rings is 5. The van der Waals surface area contributed by atoms with Crippen molar-refractivity contribution < 1.29 is 13.3 Å². The van der Waals surface area contributed by atoms with Crippen LogP contribution in [0.5, 0.6) is 0 Å². The summed E-state index contributed by atoms with van der Waals surface area (Å²) in [6.45, 7) is 6.23. The number of sulfonamides is 1. The van der Waals surface area contributed by atoms with Crippen LogP contribution in [0, 0.1) is 10.1 Å². The van der Waals surface area contributed by atoms with Crippen molar-refractivity contribution in [2.24, 2.45) is 0 Å². The molecule has 6 aromatic rings. The number of fused-ring (bicyclic) bond motifs is 1. The molecule has 1 aliphatic rings. The fraction of sp³-hybridized carbons (Fsp3) is 0.200. The van der Waals surface area contributed by atoms with Gasteiger partial charge in [-0.15, -0.1) is 11.8 Å².